The maximum Gasteiger partial charge on any atom is 0.151 e. The first kappa shape index (κ1) is 11.9. The second-order valence-electron chi connectivity index (χ2n) is 5.57. The number of hydrogen-bond acceptors (Lipinski definition) is 4. The average molecular weight is 246 g/mol. The molecular formula is C14H22N4. The smallest absolute Gasteiger partial charge is 0.151 e. The molecule has 1 aliphatic carbocycles. The Hall–Kier alpha value is -1.16. The molecule has 2 fully saturated rings. The van der Waals surface area contributed by atoms with Crippen LogP contribution in [0.15, 0.2) is 18.3 Å². The van der Waals surface area contributed by atoms with Crippen molar-refractivity contribution in [2.45, 2.75) is 38.1 Å². The standard InChI is InChI=1S/C14H22N4/c1-4-12(5-1)10-15-13-6-3-9-18(11-13)14-7-2-8-16-17-14/h2,7-8,12-13,15H,1,3-6,9-11H2/t13-/m0/s1. The summed E-state index contributed by atoms with van der Waals surface area (Å²) in [4.78, 5) is 2.36. The monoisotopic (exact) mass is 246 g/mol. The lowest BCUT2D eigenvalue weighted by Gasteiger charge is -2.35. The second kappa shape index (κ2) is 5.65. The van der Waals surface area contributed by atoms with Gasteiger partial charge < -0.3 is 10.2 Å². The highest BCUT2D eigenvalue weighted by Gasteiger charge is 2.23. The van der Waals surface area contributed by atoms with Crippen LogP contribution in [0.5, 0.6) is 0 Å². The number of anilines is 1. The van der Waals surface area contributed by atoms with Gasteiger partial charge in [-0.3, -0.25) is 0 Å². The van der Waals surface area contributed by atoms with E-state index in [2.05, 4.69) is 26.5 Å². The van der Waals surface area contributed by atoms with E-state index in [9.17, 15) is 0 Å². The molecule has 2 heterocycles. The molecule has 1 saturated carbocycles. The van der Waals surface area contributed by atoms with Gasteiger partial charge in [0.05, 0.1) is 0 Å². The molecule has 2 aliphatic rings. The fourth-order valence-electron chi connectivity index (χ4n) is 2.84. The summed E-state index contributed by atoms with van der Waals surface area (Å²) in [5.41, 5.74) is 0. The van der Waals surface area contributed by atoms with E-state index in [-0.39, 0.29) is 0 Å². The van der Waals surface area contributed by atoms with Crippen LogP contribution < -0.4 is 10.2 Å². The van der Waals surface area contributed by atoms with Gasteiger partial charge >= 0.3 is 0 Å². The maximum atomic E-state index is 4.21. The Morgan fingerprint density at radius 3 is 2.94 bits per heavy atom. The van der Waals surface area contributed by atoms with E-state index < -0.39 is 0 Å². The zero-order valence-corrected chi connectivity index (χ0v) is 10.9. The highest BCUT2D eigenvalue weighted by atomic mass is 15.3. The Kier molecular flexibility index (Phi) is 3.74. The van der Waals surface area contributed by atoms with Gasteiger partial charge in [0.25, 0.3) is 0 Å². The molecular weight excluding hydrogens is 224 g/mol. The topological polar surface area (TPSA) is 41.1 Å². The first-order valence-electron chi connectivity index (χ1n) is 7.18. The normalized spacial score (nSPS) is 24.9. The molecule has 0 bridgehead atoms. The van der Waals surface area contributed by atoms with Gasteiger partial charge in [-0.2, -0.15) is 5.10 Å². The molecule has 1 aromatic heterocycles. The predicted octanol–water partition coefficient (Wildman–Crippen LogP) is 1.84. The fourth-order valence-corrected chi connectivity index (χ4v) is 2.84. The number of piperidine rings is 1. The lowest BCUT2D eigenvalue weighted by Crippen LogP contribution is -2.47. The van der Waals surface area contributed by atoms with Crippen molar-refractivity contribution in [2.75, 3.05) is 24.5 Å². The van der Waals surface area contributed by atoms with Crippen LogP contribution in [0.3, 0.4) is 0 Å². The van der Waals surface area contributed by atoms with Crippen molar-refractivity contribution < 1.29 is 0 Å². The van der Waals surface area contributed by atoms with Crippen molar-refractivity contribution >= 4 is 5.82 Å². The molecule has 3 rings (SSSR count). The minimum absolute atomic E-state index is 0.626. The molecule has 1 atom stereocenters. The van der Waals surface area contributed by atoms with Crippen molar-refractivity contribution in [3.63, 3.8) is 0 Å². The van der Waals surface area contributed by atoms with Gasteiger partial charge in [-0.05, 0) is 50.3 Å². The Balaban J connectivity index is 1.51. The lowest BCUT2D eigenvalue weighted by atomic mass is 9.85. The van der Waals surface area contributed by atoms with E-state index in [1.807, 2.05) is 6.07 Å². The third kappa shape index (κ3) is 2.80. The first-order valence-corrected chi connectivity index (χ1v) is 7.18. The molecule has 4 nitrogen and oxygen atoms in total. The van der Waals surface area contributed by atoms with Crippen molar-refractivity contribution in [3.05, 3.63) is 18.3 Å². The van der Waals surface area contributed by atoms with Gasteiger partial charge in [0.1, 0.15) is 0 Å². The number of nitrogens with zero attached hydrogens (tertiary/aromatic N) is 3. The van der Waals surface area contributed by atoms with E-state index >= 15 is 0 Å². The summed E-state index contributed by atoms with van der Waals surface area (Å²) in [6.07, 6.45) is 8.56. The maximum absolute atomic E-state index is 4.21. The molecule has 0 unspecified atom stereocenters. The molecule has 18 heavy (non-hydrogen) atoms. The zero-order valence-electron chi connectivity index (χ0n) is 10.9. The zero-order chi connectivity index (χ0) is 12.2. The van der Waals surface area contributed by atoms with Crippen LogP contribution in [0.4, 0.5) is 5.82 Å². The molecule has 1 aromatic rings. The van der Waals surface area contributed by atoms with E-state index in [0.29, 0.717) is 6.04 Å². The van der Waals surface area contributed by atoms with Crippen LogP contribution in [0, 0.1) is 5.92 Å². The number of nitrogens with one attached hydrogen (secondary N) is 1. The number of rotatable bonds is 4. The second-order valence-corrected chi connectivity index (χ2v) is 5.57. The van der Waals surface area contributed by atoms with E-state index in [4.69, 9.17) is 0 Å². The summed E-state index contributed by atoms with van der Waals surface area (Å²) >= 11 is 0. The fraction of sp³-hybridized carbons (Fsp3) is 0.714. The van der Waals surface area contributed by atoms with Gasteiger partial charge in [-0.25, -0.2) is 0 Å². The van der Waals surface area contributed by atoms with Crippen molar-refractivity contribution in [1.29, 1.82) is 0 Å². The van der Waals surface area contributed by atoms with Gasteiger partial charge in [0.15, 0.2) is 5.82 Å². The molecule has 98 valence electrons. The lowest BCUT2D eigenvalue weighted by molar-refractivity contribution is 0.280. The predicted molar refractivity (Wildman–Crippen MR) is 72.6 cm³/mol. The highest BCUT2D eigenvalue weighted by Crippen LogP contribution is 2.26. The van der Waals surface area contributed by atoms with Crippen LogP contribution in [0.1, 0.15) is 32.1 Å². The summed E-state index contributed by atoms with van der Waals surface area (Å²) in [6, 6.07) is 4.65. The van der Waals surface area contributed by atoms with Crippen LogP contribution in [0.25, 0.3) is 0 Å². The van der Waals surface area contributed by atoms with Crippen LogP contribution in [0.2, 0.25) is 0 Å². The Labute approximate surface area is 109 Å². The minimum atomic E-state index is 0.626. The van der Waals surface area contributed by atoms with Crippen LogP contribution in [-0.2, 0) is 0 Å². The summed E-state index contributed by atoms with van der Waals surface area (Å²) in [5, 5.41) is 11.9. The Bertz CT molecular complexity index is 363. The van der Waals surface area contributed by atoms with Crippen molar-refractivity contribution in [2.24, 2.45) is 5.92 Å². The van der Waals surface area contributed by atoms with E-state index in [0.717, 1.165) is 24.8 Å². The van der Waals surface area contributed by atoms with Crippen LogP contribution >= 0.6 is 0 Å². The van der Waals surface area contributed by atoms with Gasteiger partial charge in [-0.15, -0.1) is 5.10 Å². The summed E-state index contributed by atoms with van der Waals surface area (Å²) in [5.74, 6) is 1.96. The molecule has 0 spiro atoms. The minimum Gasteiger partial charge on any atom is -0.354 e. The van der Waals surface area contributed by atoms with Gasteiger partial charge in [0, 0.05) is 25.3 Å². The molecule has 1 N–H and O–H groups in total. The van der Waals surface area contributed by atoms with Crippen molar-refractivity contribution in [3.8, 4) is 0 Å². The first-order chi connectivity index (χ1) is 8.92. The molecule has 0 radical (unpaired) electrons. The largest absolute Gasteiger partial charge is 0.354 e. The molecule has 0 amide bonds. The van der Waals surface area contributed by atoms with Gasteiger partial charge in [0.2, 0.25) is 0 Å². The summed E-state index contributed by atoms with van der Waals surface area (Å²) in [6.45, 7) is 3.39. The van der Waals surface area contributed by atoms with Gasteiger partial charge in [-0.1, -0.05) is 6.42 Å². The Morgan fingerprint density at radius 2 is 2.22 bits per heavy atom. The van der Waals surface area contributed by atoms with E-state index in [1.54, 1.807) is 6.20 Å². The summed E-state index contributed by atoms with van der Waals surface area (Å²) in [7, 11) is 0. The van der Waals surface area contributed by atoms with Crippen molar-refractivity contribution in [1.82, 2.24) is 15.5 Å². The third-order valence-corrected chi connectivity index (χ3v) is 4.22. The molecule has 4 heteroatoms. The molecule has 1 aliphatic heterocycles. The van der Waals surface area contributed by atoms with Crippen LogP contribution in [-0.4, -0.2) is 35.9 Å². The highest BCUT2D eigenvalue weighted by molar-refractivity contribution is 5.37. The molecule has 0 aromatic carbocycles. The SMILES string of the molecule is c1cnnc(N2CCC[C@H](NCC3CCC3)C2)c1. The number of hydrogen-bond donors (Lipinski definition) is 1. The van der Waals surface area contributed by atoms with E-state index in [1.165, 1.54) is 38.6 Å². The average Bonchev–Trinajstić information content (AvgIpc) is 2.38. The molecule has 1 saturated heterocycles. The third-order valence-electron chi connectivity index (χ3n) is 4.22. The summed E-state index contributed by atoms with van der Waals surface area (Å²) < 4.78 is 0. The number of aromatic nitrogens is 2. The quantitative estimate of drug-likeness (QED) is 0.880. The Morgan fingerprint density at radius 1 is 1.28 bits per heavy atom.